The molecule has 0 radical (unpaired) electrons. The zero-order chi connectivity index (χ0) is 19.6. The lowest BCUT2D eigenvalue weighted by Crippen LogP contribution is -2.37. The van der Waals surface area contributed by atoms with Gasteiger partial charge in [-0.25, -0.2) is 15.0 Å². The van der Waals surface area contributed by atoms with E-state index in [9.17, 15) is 0 Å². The second-order valence-electron chi connectivity index (χ2n) is 5.85. The monoisotopic (exact) mass is 421 g/mol. The quantitative estimate of drug-likeness (QED) is 0.281. The summed E-state index contributed by atoms with van der Waals surface area (Å²) >= 11 is 6.73. The maximum atomic E-state index is 5.44. The normalized spacial score (nSPS) is 14.0. The Morgan fingerprint density at radius 3 is 2.82 bits per heavy atom. The Balaban J connectivity index is 1.73. The first-order valence-corrected chi connectivity index (χ1v) is 10.2. The standard InChI is InChI=1S/C17H23N7O2S2/c1-25-9-3-6-18-16(27)23-15-21-13(24-7-10-26-11-8-24)12-14(22-15)28-17-19-4-2-5-20-17/h2,4-5,12H,3,6-11H2,1H3,(H2,18,21,22,23,27). The Hall–Kier alpha value is -2.08. The molecule has 0 spiro atoms. The van der Waals surface area contributed by atoms with Gasteiger partial charge in [0, 0.05) is 51.8 Å². The molecule has 0 saturated carbocycles. The summed E-state index contributed by atoms with van der Waals surface area (Å²) in [6.45, 7) is 4.30. The van der Waals surface area contributed by atoms with Crippen LogP contribution in [0.15, 0.2) is 34.7 Å². The van der Waals surface area contributed by atoms with E-state index in [1.165, 1.54) is 11.8 Å². The molecule has 0 aromatic carbocycles. The molecule has 2 aromatic heterocycles. The van der Waals surface area contributed by atoms with Crippen LogP contribution < -0.4 is 15.5 Å². The van der Waals surface area contributed by atoms with E-state index in [1.54, 1.807) is 25.6 Å². The van der Waals surface area contributed by atoms with E-state index < -0.39 is 0 Å². The van der Waals surface area contributed by atoms with Crippen molar-refractivity contribution in [3.05, 3.63) is 24.5 Å². The highest BCUT2D eigenvalue weighted by Gasteiger charge is 2.16. The minimum Gasteiger partial charge on any atom is -0.385 e. The molecule has 28 heavy (non-hydrogen) atoms. The summed E-state index contributed by atoms with van der Waals surface area (Å²) in [5.74, 6) is 1.26. The Kier molecular flexibility index (Phi) is 8.15. The van der Waals surface area contributed by atoms with Gasteiger partial charge < -0.3 is 25.0 Å². The molecule has 2 N–H and O–H groups in total. The summed E-state index contributed by atoms with van der Waals surface area (Å²) in [6, 6.07) is 3.72. The SMILES string of the molecule is COCCCNC(=S)Nc1nc(Sc2ncccn2)cc(N2CCOCC2)n1. The molecule has 0 bridgehead atoms. The van der Waals surface area contributed by atoms with E-state index in [4.69, 9.17) is 21.7 Å². The van der Waals surface area contributed by atoms with Crippen LogP contribution in [0.2, 0.25) is 0 Å². The van der Waals surface area contributed by atoms with Gasteiger partial charge in [0.25, 0.3) is 0 Å². The number of hydrogen-bond acceptors (Lipinski definition) is 9. The molecule has 0 atom stereocenters. The summed E-state index contributed by atoms with van der Waals surface area (Å²) in [6.07, 6.45) is 4.27. The first-order valence-electron chi connectivity index (χ1n) is 8.95. The van der Waals surface area contributed by atoms with E-state index in [1.807, 2.05) is 6.07 Å². The van der Waals surface area contributed by atoms with Gasteiger partial charge in [0.15, 0.2) is 10.3 Å². The Labute approximate surface area is 173 Å². The van der Waals surface area contributed by atoms with Crippen LogP contribution in [0.4, 0.5) is 11.8 Å². The van der Waals surface area contributed by atoms with Crippen molar-refractivity contribution < 1.29 is 9.47 Å². The third kappa shape index (κ3) is 6.51. The summed E-state index contributed by atoms with van der Waals surface area (Å²) in [5, 5.41) is 8.04. The molecule has 0 unspecified atom stereocenters. The number of aromatic nitrogens is 4. The lowest BCUT2D eigenvalue weighted by molar-refractivity contribution is 0.122. The molecule has 9 nitrogen and oxygen atoms in total. The average molecular weight is 422 g/mol. The Morgan fingerprint density at radius 2 is 2.07 bits per heavy atom. The second kappa shape index (κ2) is 11.1. The minimum atomic E-state index is 0.437. The van der Waals surface area contributed by atoms with Gasteiger partial charge >= 0.3 is 0 Å². The molecule has 1 aliphatic rings. The topological polar surface area (TPSA) is 97.3 Å². The molecular weight excluding hydrogens is 398 g/mol. The molecule has 3 rings (SSSR count). The summed E-state index contributed by atoms with van der Waals surface area (Å²) in [7, 11) is 1.68. The maximum Gasteiger partial charge on any atom is 0.232 e. The zero-order valence-electron chi connectivity index (χ0n) is 15.6. The van der Waals surface area contributed by atoms with Crippen molar-refractivity contribution in [2.24, 2.45) is 0 Å². The van der Waals surface area contributed by atoms with Gasteiger partial charge in [-0.2, -0.15) is 4.98 Å². The molecule has 1 fully saturated rings. The van der Waals surface area contributed by atoms with Crippen molar-refractivity contribution in [3.8, 4) is 0 Å². The van der Waals surface area contributed by atoms with Crippen LogP contribution in [-0.4, -0.2) is 71.6 Å². The van der Waals surface area contributed by atoms with Crippen molar-refractivity contribution in [2.45, 2.75) is 16.6 Å². The lowest BCUT2D eigenvalue weighted by Gasteiger charge is -2.28. The number of morpholine rings is 1. The number of rotatable bonds is 8. The fourth-order valence-corrected chi connectivity index (χ4v) is 3.38. The molecule has 1 saturated heterocycles. The molecule has 3 heterocycles. The highest BCUT2D eigenvalue weighted by atomic mass is 32.2. The van der Waals surface area contributed by atoms with E-state index >= 15 is 0 Å². The minimum absolute atomic E-state index is 0.437. The van der Waals surface area contributed by atoms with E-state index in [-0.39, 0.29) is 0 Å². The van der Waals surface area contributed by atoms with Crippen molar-refractivity contribution in [1.82, 2.24) is 25.3 Å². The average Bonchev–Trinajstić information content (AvgIpc) is 2.72. The number of nitrogens with one attached hydrogen (secondary N) is 2. The number of anilines is 2. The van der Waals surface area contributed by atoms with Gasteiger partial charge in [-0.3, -0.25) is 0 Å². The first-order chi connectivity index (χ1) is 13.7. The number of nitrogens with zero attached hydrogens (tertiary/aromatic N) is 5. The van der Waals surface area contributed by atoms with Gasteiger partial charge in [-0.05, 0) is 36.5 Å². The molecule has 0 aliphatic carbocycles. The smallest absolute Gasteiger partial charge is 0.232 e. The molecule has 150 valence electrons. The van der Waals surface area contributed by atoms with Crippen LogP contribution in [0.1, 0.15) is 6.42 Å². The molecule has 2 aromatic rings. The predicted molar refractivity (Wildman–Crippen MR) is 112 cm³/mol. The summed E-state index contributed by atoms with van der Waals surface area (Å²) in [5.41, 5.74) is 0. The van der Waals surface area contributed by atoms with E-state index in [2.05, 4.69) is 35.5 Å². The van der Waals surface area contributed by atoms with Gasteiger partial charge in [0.2, 0.25) is 5.95 Å². The van der Waals surface area contributed by atoms with Crippen LogP contribution in [0.3, 0.4) is 0 Å². The third-order valence-corrected chi connectivity index (χ3v) is 4.86. The highest BCUT2D eigenvalue weighted by molar-refractivity contribution is 7.99. The largest absolute Gasteiger partial charge is 0.385 e. The third-order valence-electron chi connectivity index (χ3n) is 3.80. The number of methoxy groups -OCH3 is 1. The van der Waals surface area contributed by atoms with Crippen LogP contribution in [0, 0.1) is 0 Å². The van der Waals surface area contributed by atoms with Crippen molar-refractivity contribution in [2.75, 3.05) is 56.8 Å². The molecule has 11 heteroatoms. The first kappa shape index (κ1) is 20.6. The van der Waals surface area contributed by atoms with Crippen molar-refractivity contribution in [3.63, 3.8) is 0 Å². The zero-order valence-corrected chi connectivity index (χ0v) is 17.3. The number of hydrogen-bond donors (Lipinski definition) is 2. The van der Waals surface area contributed by atoms with Gasteiger partial charge in [-0.15, -0.1) is 0 Å². The van der Waals surface area contributed by atoms with Crippen LogP contribution in [0.25, 0.3) is 0 Å². The summed E-state index contributed by atoms with van der Waals surface area (Å²) < 4.78 is 10.5. The predicted octanol–water partition coefficient (Wildman–Crippen LogP) is 1.58. The Bertz CT molecular complexity index is 760. The van der Waals surface area contributed by atoms with Gasteiger partial charge in [0.05, 0.1) is 13.2 Å². The fraction of sp³-hybridized carbons (Fsp3) is 0.471. The van der Waals surface area contributed by atoms with E-state index in [0.717, 1.165) is 30.4 Å². The highest BCUT2D eigenvalue weighted by Crippen LogP contribution is 2.27. The van der Waals surface area contributed by atoms with Crippen molar-refractivity contribution >= 4 is 40.9 Å². The van der Waals surface area contributed by atoms with E-state index in [0.29, 0.717) is 42.6 Å². The molecular formula is C17H23N7O2S2. The van der Waals surface area contributed by atoms with Crippen molar-refractivity contribution in [1.29, 1.82) is 0 Å². The summed E-state index contributed by atoms with van der Waals surface area (Å²) in [4.78, 5) is 19.9. The number of thiocarbonyl (C=S) groups is 1. The second-order valence-corrected chi connectivity index (χ2v) is 7.24. The Morgan fingerprint density at radius 1 is 1.29 bits per heavy atom. The number of ether oxygens (including phenoxy) is 2. The molecule has 1 aliphatic heterocycles. The lowest BCUT2D eigenvalue weighted by atomic mass is 10.4. The van der Waals surface area contributed by atoms with Crippen LogP contribution >= 0.6 is 24.0 Å². The van der Waals surface area contributed by atoms with Gasteiger partial charge in [0.1, 0.15) is 10.8 Å². The maximum absolute atomic E-state index is 5.44. The van der Waals surface area contributed by atoms with Crippen LogP contribution in [-0.2, 0) is 9.47 Å². The molecule has 0 amide bonds. The fourth-order valence-electron chi connectivity index (χ4n) is 2.47. The van der Waals surface area contributed by atoms with Crippen LogP contribution in [0.5, 0.6) is 0 Å². The van der Waals surface area contributed by atoms with Gasteiger partial charge in [-0.1, -0.05) is 0 Å².